The normalized spacial score (nSPS) is 16.1. The lowest BCUT2D eigenvalue weighted by Gasteiger charge is -2.14. The van der Waals surface area contributed by atoms with Gasteiger partial charge in [0.1, 0.15) is 5.82 Å². The summed E-state index contributed by atoms with van der Waals surface area (Å²) < 4.78 is 1.58. The molecule has 0 aromatic carbocycles. The second kappa shape index (κ2) is 4.53. The second-order valence-corrected chi connectivity index (χ2v) is 5.01. The molecule has 0 radical (unpaired) electrons. The van der Waals surface area contributed by atoms with Crippen LogP contribution in [0.15, 0.2) is 12.1 Å². The lowest BCUT2D eigenvalue weighted by Crippen LogP contribution is -2.17. The van der Waals surface area contributed by atoms with Crippen molar-refractivity contribution in [1.29, 1.82) is 0 Å². The van der Waals surface area contributed by atoms with E-state index in [0.717, 1.165) is 24.4 Å². The van der Waals surface area contributed by atoms with Crippen LogP contribution in [-0.2, 0) is 0 Å². The van der Waals surface area contributed by atoms with Gasteiger partial charge in [-0.15, -0.1) is 0 Å². The maximum Gasteiger partial charge on any atom is 0.356 e. The van der Waals surface area contributed by atoms with Crippen LogP contribution in [0.1, 0.15) is 41.9 Å². The van der Waals surface area contributed by atoms with Gasteiger partial charge >= 0.3 is 5.97 Å². The molecule has 2 heterocycles. The van der Waals surface area contributed by atoms with Crippen molar-refractivity contribution in [1.82, 2.24) is 14.6 Å². The van der Waals surface area contributed by atoms with Crippen LogP contribution in [0, 0.1) is 6.92 Å². The minimum absolute atomic E-state index is 0.0209. The van der Waals surface area contributed by atoms with Crippen LogP contribution in [0.2, 0.25) is 0 Å². The molecule has 2 N–H and O–H groups in total. The molecular formula is C13H16N4O2. The van der Waals surface area contributed by atoms with Gasteiger partial charge in [0.15, 0.2) is 11.3 Å². The van der Waals surface area contributed by atoms with E-state index in [-0.39, 0.29) is 5.69 Å². The Morgan fingerprint density at radius 2 is 2.16 bits per heavy atom. The van der Waals surface area contributed by atoms with E-state index in [2.05, 4.69) is 15.4 Å². The van der Waals surface area contributed by atoms with Crippen molar-refractivity contribution in [2.45, 2.75) is 38.6 Å². The van der Waals surface area contributed by atoms with Crippen LogP contribution in [0.5, 0.6) is 0 Å². The average Bonchev–Trinajstić information content (AvgIpc) is 2.97. The number of nitrogens with zero attached hydrogens (tertiary/aromatic N) is 3. The molecule has 1 fully saturated rings. The number of carboxylic acid groups (broad SMARTS) is 1. The minimum atomic E-state index is -1.03. The molecule has 0 aliphatic heterocycles. The van der Waals surface area contributed by atoms with Gasteiger partial charge in [-0.2, -0.15) is 9.61 Å². The zero-order chi connectivity index (χ0) is 13.4. The summed E-state index contributed by atoms with van der Waals surface area (Å²) in [5, 5.41) is 16.5. The molecule has 2 aromatic heterocycles. The average molecular weight is 260 g/mol. The topological polar surface area (TPSA) is 79.5 Å². The van der Waals surface area contributed by atoms with Crippen molar-refractivity contribution in [2.24, 2.45) is 0 Å². The lowest BCUT2D eigenvalue weighted by atomic mass is 10.2. The van der Waals surface area contributed by atoms with Gasteiger partial charge in [-0.05, 0) is 19.8 Å². The number of nitrogens with one attached hydrogen (secondary N) is 1. The maximum absolute atomic E-state index is 11.0. The first-order chi connectivity index (χ1) is 9.13. The number of fused-ring (bicyclic) bond motifs is 1. The molecule has 19 heavy (non-hydrogen) atoms. The Morgan fingerprint density at radius 1 is 1.42 bits per heavy atom. The molecule has 1 saturated carbocycles. The maximum atomic E-state index is 11.0. The highest BCUT2D eigenvalue weighted by Gasteiger charge is 2.18. The van der Waals surface area contributed by atoms with E-state index in [1.54, 1.807) is 4.52 Å². The van der Waals surface area contributed by atoms with Crippen LogP contribution in [-0.4, -0.2) is 31.7 Å². The van der Waals surface area contributed by atoms with Crippen molar-refractivity contribution in [3.05, 3.63) is 23.5 Å². The summed E-state index contributed by atoms with van der Waals surface area (Å²) >= 11 is 0. The third kappa shape index (κ3) is 2.25. The van der Waals surface area contributed by atoms with Crippen LogP contribution in [0.4, 0.5) is 5.82 Å². The fourth-order valence-corrected chi connectivity index (χ4v) is 2.59. The number of aromatic nitrogens is 3. The quantitative estimate of drug-likeness (QED) is 0.883. The van der Waals surface area contributed by atoms with Crippen LogP contribution < -0.4 is 5.32 Å². The zero-order valence-electron chi connectivity index (χ0n) is 10.8. The number of rotatable bonds is 3. The highest BCUT2D eigenvalue weighted by Crippen LogP contribution is 2.23. The van der Waals surface area contributed by atoms with Crippen molar-refractivity contribution in [3.63, 3.8) is 0 Å². The molecule has 100 valence electrons. The van der Waals surface area contributed by atoms with E-state index in [9.17, 15) is 4.79 Å². The molecule has 1 aliphatic carbocycles. The number of aromatic carboxylic acids is 1. The van der Waals surface area contributed by atoms with Gasteiger partial charge in [-0.1, -0.05) is 12.8 Å². The van der Waals surface area contributed by atoms with Gasteiger partial charge < -0.3 is 10.4 Å². The van der Waals surface area contributed by atoms with Crippen molar-refractivity contribution in [2.75, 3.05) is 5.32 Å². The number of carboxylic acids is 1. The zero-order valence-corrected chi connectivity index (χ0v) is 10.8. The van der Waals surface area contributed by atoms with Crippen molar-refractivity contribution >= 4 is 17.4 Å². The summed E-state index contributed by atoms with van der Waals surface area (Å²) in [6, 6.07) is 3.85. The third-order valence-electron chi connectivity index (χ3n) is 3.48. The number of hydrogen-bond donors (Lipinski definition) is 2. The smallest absolute Gasteiger partial charge is 0.356 e. The predicted molar refractivity (Wildman–Crippen MR) is 70.6 cm³/mol. The fourth-order valence-electron chi connectivity index (χ4n) is 2.59. The summed E-state index contributed by atoms with van der Waals surface area (Å²) in [7, 11) is 0. The van der Waals surface area contributed by atoms with Gasteiger partial charge in [-0.25, -0.2) is 9.78 Å². The Hall–Kier alpha value is -2.11. The van der Waals surface area contributed by atoms with E-state index >= 15 is 0 Å². The van der Waals surface area contributed by atoms with Gasteiger partial charge in [0, 0.05) is 23.9 Å². The standard InChI is InChI=1S/C13H16N4O2/c1-8-6-11(15-9-4-2-3-5-9)17-12(14-8)7-10(16-17)13(18)19/h6-7,9,15H,2-5H2,1H3,(H,18,19). The van der Waals surface area contributed by atoms with Crippen LogP contribution in [0.25, 0.3) is 5.65 Å². The van der Waals surface area contributed by atoms with Gasteiger partial charge in [0.2, 0.25) is 0 Å². The van der Waals surface area contributed by atoms with Crippen LogP contribution in [0.3, 0.4) is 0 Å². The first kappa shape index (κ1) is 12.0. The first-order valence-electron chi connectivity index (χ1n) is 6.51. The Kier molecular flexibility index (Phi) is 2.85. The Morgan fingerprint density at radius 3 is 2.84 bits per heavy atom. The molecule has 6 nitrogen and oxygen atoms in total. The van der Waals surface area contributed by atoms with Crippen LogP contribution >= 0.6 is 0 Å². The molecule has 0 saturated heterocycles. The largest absolute Gasteiger partial charge is 0.476 e. The molecule has 0 unspecified atom stereocenters. The Balaban J connectivity index is 2.03. The SMILES string of the molecule is Cc1cc(NC2CCCC2)n2nc(C(=O)O)cc2n1. The summed E-state index contributed by atoms with van der Waals surface area (Å²) in [5.74, 6) is -0.211. The summed E-state index contributed by atoms with van der Waals surface area (Å²) in [6.07, 6.45) is 4.78. The number of carbonyl (C=O) groups is 1. The molecule has 0 amide bonds. The molecular weight excluding hydrogens is 244 g/mol. The number of hydrogen-bond acceptors (Lipinski definition) is 4. The first-order valence-corrected chi connectivity index (χ1v) is 6.51. The molecule has 1 aliphatic rings. The number of aryl methyl sites for hydroxylation is 1. The van der Waals surface area contributed by atoms with E-state index < -0.39 is 5.97 Å². The Bertz CT molecular complexity index is 629. The molecule has 0 spiro atoms. The van der Waals surface area contributed by atoms with E-state index in [0.29, 0.717) is 11.7 Å². The summed E-state index contributed by atoms with van der Waals surface area (Å²) in [5.41, 5.74) is 1.44. The fraction of sp³-hybridized carbons (Fsp3) is 0.462. The minimum Gasteiger partial charge on any atom is -0.476 e. The monoisotopic (exact) mass is 260 g/mol. The number of anilines is 1. The van der Waals surface area contributed by atoms with Gasteiger partial charge in [0.25, 0.3) is 0 Å². The predicted octanol–water partition coefficient (Wildman–Crippen LogP) is 2.09. The molecule has 0 bridgehead atoms. The molecule has 3 rings (SSSR count). The van der Waals surface area contributed by atoms with Gasteiger partial charge in [0.05, 0.1) is 0 Å². The third-order valence-corrected chi connectivity index (χ3v) is 3.48. The van der Waals surface area contributed by atoms with Gasteiger partial charge in [-0.3, -0.25) is 0 Å². The highest BCUT2D eigenvalue weighted by molar-refractivity contribution is 5.86. The van der Waals surface area contributed by atoms with E-state index in [1.165, 1.54) is 18.9 Å². The van der Waals surface area contributed by atoms with E-state index in [1.807, 2.05) is 13.0 Å². The molecule has 2 aromatic rings. The second-order valence-electron chi connectivity index (χ2n) is 5.01. The van der Waals surface area contributed by atoms with Crippen molar-refractivity contribution in [3.8, 4) is 0 Å². The summed E-state index contributed by atoms with van der Waals surface area (Å²) in [4.78, 5) is 15.3. The molecule has 6 heteroatoms. The lowest BCUT2D eigenvalue weighted by molar-refractivity contribution is 0.0690. The molecule has 0 atom stereocenters. The Labute approximate surface area is 110 Å². The van der Waals surface area contributed by atoms with Crippen molar-refractivity contribution < 1.29 is 9.90 Å². The van der Waals surface area contributed by atoms with E-state index in [4.69, 9.17) is 5.11 Å². The highest BCUT2D eigenvalue weighted by atomic mass is 16.4. The summed E-state index contributed by atoms with van der Waals surface area (Å²) in [6.45, 7) is 1.90.